The molecular weight excluding hydrogens is 222 g/mol. The van der Waals surface area contributed by atoms with E-state index in [4.69, 9.17) is 4.74 Å². The molecule has 0 fully saturated rings. The lowest BCUT2D eigenvalue weighted by molar-refractivity contribution is 0.367. The molecule has 0 aromatic heterocycles. The van der Waals surface area contributed by atoms with E-state index >= 15 is 0 Å². The molecule has 0 heterocycles. The molecule has 18 heavy (non-hydrogen) atoms. The summed E-state index contributed by atoms with van der Waals surface area (Å²) in [6.07, 6.45) is 0. The summed E-state index contributed by atoms with van der Waals surface area (Å²) in [4.78, 5) is 0. The van der Waals surface area contributed by atoms with Gasteiger partial charge >= 0.3 is 0 Å². The standard InChI is InChI=1S/C16H20NO/c1-17(2,15-10-5-4-6-11-15)13-14-9-7-8-12-16(14)18-3/h4-12H,13H2,1-3H3/q+1. The van der Waals surface area contributed by atoms with Gasteiger partial charge in [0.05, 0.1) is 21.2 Å². The van der Waals surface area contributed by atoms with Crippen molar-refractivity contribution in [3.63, 3.8) is 0 Å². The van der Waals surface area contributed by atoms with E-state index < -0.39 is 0 Å². The van der Waals surface area contributed by atoms with Gasteiger partial charge in [0.2, 0.25) is 0 Å². The van der Waals surface area contributed by atoms with Gasteiger partial charge in [0, 0.05) is 5.56 Å². The molecule has 0 aliphatic carbocycles. The van der Waals surface area contributed by atoms with Gasteiger partial charge in [-0.2, -0.15) is 0 Å². The van der Waals surface area contributed by atoms with Gasteiger partial charge in [-0.15, -0.1) is 0 Å². The molecule has 2 nitrogen and oxygen atoms in total. The van der Waals surface area contributed by atoms with Crippen LogP contribution in [0, 0.1) is 0 Å². The van der Waals surface area contributed by atoms with Crippen LogP contribution in [0.5, 0.6) is 5.75 Å². The first-order valence-electron chi connectivity index (χ1n) is 6.14. The fourth-order valence-corrected chi connectivity index (χ4v) is 2.18. The van der Waals surface area contributed by atoms with Crippen LogP contribution >= 0.6 is 0 Å². The third kappa shape index (κ3) is 2.71. The lowest BCUT2D eigenvalue weighted by atomic mass is 10.1. The molecule has 2 heteroatoms. The molecule has 94 valence electrons. The average molecular weight is 242 g/mol. The third-order valence-corrected chi connectivity index (χ3v) is 3.21. The molecule has 2 aromatic rings. The summed E-state index contributed by atoms with van der Waals surface area (Å²) in [5.41, 5.74) is 2.53. The number of hydrogen-bond acceptors (Lipinski definition) is 1. The summed E-state index contributed by atoms with van der Waals surface area (Å²) >= 11 is 0. The van der Waals surface area contributed by atoms with Gasteiger partial charge in [0.15, 0.2) is 0 Å². The minimum absolute atomic E-state index is 0.807. The molecule has 0 atom stereocenters. The zero-order chi connectivity index (χ0) is 13.0. The fraction of sp³-hybridized carbons (Fsp3) is 0.250. The molecular formula is C16H20NO+. The van der Waals surface area contributed by atoms with Crippen molar-refractivity contribution in [1.82, 2.24) is 4.48 Å². The number of benzene rings is 2. The molecule has 0 aliphatic heterocycles. The number of ether oxygens (including phenoxy) is 1. The number of quaternary nitrogens is 1. The van der Waals surface area contributed by atoms with Crippen LogP contribution in [0.1, 0.15) is 5.56 Å². The Kier molecular flexibility index (Phi) is 3.68. The second-order valence-corrected chi connectivity index (χ2v) is 4.99. The highest BCUT2D eigenvalue weighted by atomic mass is 16.5. The molecule has 0 unspecified atom stereocenters. The normalized spacial score (nSPS) is 11.3. The summed E-state index contributed by atoms with van der Waals surface area (Å²) < 4.78 is 6.22. The van der Waals surface area contributed by atoms with Crippen LogP contribution in [-0.4, -0.2) is 21.2 Å². The van der Waals surface area contributed by atoms with Gasteiger partial charge in [0.1, 0.15) is 18.0 Å². The van der Waals surface area contributed by atoms with Crippen molar-refractivity contribution < 1.29 is 4.74 Å². The number of methoxy groups -OCH3 is 1. The van der Waals surface area contributed by atoms with Gasteiger partial charge in [-0.1, -0.05) is 30.3 Å². The Labute approximate surface area is 109 Å². The van der Waals surface area contributed by atoms with Crippen molar-refractivity contribution >= 4 is 5.69 Å². The van der Waals surface area contributed by atoms with E-state index in [1.807, 2.05) is 18.2 Å². The number of nitrogens with zero attached hydrogens (tertiary/aromatic N) is 1. The first-order chi connectivity index (χ1) is 8.63. The molecule has 2 aromatic carbocycles. The highest BCUT2D eigenvalue weighted by Crippen LogP contribution is 2.25. The summed E-state index contributed by atoms with van der Waals surface area (Å²) in [5, 5.41) is 0. The van der Waals surface area contributed by atoms with Crippen LogP contribution in [0.15, 0.2) is 54.6 Å². The van der Waals surface area contributed by atoms with Crippen LogP contribution in [0.3, 0.4) is 0 Å². The smallest absolute Gasteiger partial charge is 0.132 e. The van der Waals surface area contributed by atoms with Crippen molar-refractivity contribution in [2.45, 2.75) is 6.54 Å². The first kappa shape index (κ1) is 12.7. The van der Waals surface area contributed by atoms with E-state index in [0.717, 1.165) is 16.8 Å². The Balaban J connectivity index is 2.28. The molecule has 0 N–H and O–H groups in total. The number of rotatable bonds is 4. The Morgan fingerprint density at radius 2 is 1.50 bits per heavy atom. The molecule has 0 amide bonds. The van der Waals surface area contributed by atoms with E-state index in [1.54, 1.807) is 7.11 Å². The summed E-state index contributed by atoms with van der Waals surface area (Å²) in [6, 6.07) is 18.7. The van der Waals surface area contributed by atoms with Gasteiger partial charge in [-0.25, -0.2) is 0 Å². The van der Waals surface area contributed by atoms with Crippen LogP contribution in [-0.2, 0) is 6.54 Å². The Hall–Kier alpha value is -1.80. The second kappa shape index (κ2) is 5.23. The molecule has 2 rings (SSSR count). The Morgan fingerprint density at radius 1 is 0.889 bits per heavy atom. The molecule has 0 radical (unpaired) electrons. The van der Waals surface area contributed by atoms with E-state index in [2.05, 4.69) is 50.5 Å². The lowest BCUT2D eigenvalue weighted by Crippen LogP contribution is -2.39. The molecule has 0 saturated heterocycles. The Bertz CT molecular complexity index is 506. The van der Waals surface area contributed by atoms with Gasteiger partial charge in [0.25, 0.3) is 0 Å². The van der Waals surface area contributed by atoms with Crippen molar-refractivity contribution in [2.24, 2.45) is 0 Å². The molecule has 0 bridgehead atoms. The van der Waals surface area contributed by atoms with Crippen LogP contribution in [0.25, 0.3) is 0 Å². The zero-order valence-electron chi connectivity index (χ0n) is 11.3. The van der Waals surface area contributed by atoms with E-state index in [-0.39, 0.29) is 0 Å². The average Bonchev–Trinajstić information content (AvgIpc) is 2.40. The Morgan fingerprint density at radius 3 is 2.17 bits per heavy atom. The van der Waals surface area contributed by atoms with E-state index in [9.17, 15) is 0 Å². The van der Waals surface area contributed by atoms with Crippen molar-refractivity contribution in [2.75, 3.05) is 21.2 Å². The SMILES string of the molecule is COc1ccccc1C[N+](C)(C)c1ccccc1. The quantitative estimate of drug-likeness (QED) is 0.746. The van der Waals surface area contributed by atoms with Crippen molar-refractivity contribution in [3.05, 3.63) is 60.2 Å². The summed E-state index contributed by atoms with van der Waals surface area (Å²) in [6.45, 7) is 0.911. The lowest BCUT2D eigenvalue weighted by Gasteiger charge is -2.29. The summed E-state index contributed by atoms with van der Waals surface area (Å²) in [7, 11) is 6.14. The minimum atomic E-state index is 0.807. The minimum Gasteiger partial charge on any atom is -0.496 e. The topological polar surface area (TPSA) is 9.23 Å². The van der Waals surface area contributed by atoms with Gasteiger partial charge < -0.3 is 4.74 Å². The van der Waals surface area contributed by atoms with Crippen molar-refractivity contribution in [3.8, 4) is 5.75 Å². The van der Waals surface area contributed by atoms with Gasteiger partial charge in [-0.3, -0.25) is 4.48 Å². The molecule has 0 saturated carbocycles. The predicted molar refractivity (Wildman–Crippen MR) is 76.8 cm³/mol. The maximum atomic E-state index is 5.42. The van der Waals surface area contributed by atoms with Crippen molar-refractivity contribution in [1.29, 1.82) is 0 Å². The molecule has 0 aliphatic rings. The largest absolute Gasteiger partial charge is 0.496 e. The predicted octanol–water partition coefficient (Wildman–Crippen LogP) is 3.46. The first-order valence-corrected chi connectivity index (χ1v) is 6.14. The zero-order valence-corrected chi connectivity index (χ0v) is 11.3. The van der Waals surface area contributed by atoms with E-state index in [0.29, 0.717) is 0 Å². The third-order valence-electron chi connectivity index (χ3n) is 3.21. The fourth-order valence-electron chi connectivity index (χ4n) is 2.18. The number of hydrogen-bond donors (Lipinski definition) is 0. The maximum Gasteiger partial charge on any atom is 0.132 e. The molecule has 0 spiro atoms. The monoisotopic (exact) mass is 242 g/mol. The summed E-state index contributed by atoms with van der Waals surface area (Å²) in [5.74, 6) is 0.958. The van der Waals surface area contributed by atoms with Crippen LogP contribution < -0.4 is 9.22 Å². The highest BCUT2D eigenvalue weighted by molar-refractivity contribution is 5.43. The van der Waals surface area contributed by atoms with Crippen LogP contribution in [0.4, 0.5) is 5.69 Å². The number of para-hydroxylation sites is 2. The maximum absolute atomic E-state index is 5.42. The van der Waals surface area contributed by atoms with E-state index in [1.165, 1.54) is 11.3 Å². The second-order valence-electron chi connectivity index (χ2n) is 4.99. The van der Waals surface area contributed by atoms with Crippen LogP contribution in [0.2, 0.25) is 0 Å². The highest BCUT2D eigenvalue weighted by Gasteiger charge is 2.20. The van der Waals surface area contributed by atoms with Gasteiger partial charge in [-0.05, 0) is 24.3 Å².